The molecule has 2 aromatic carbocycles. The molecule has 1 amide bonds. The van der Waals surface area contributed by atoms with Gasteiger partial charge >= 0.3 is 0 Å². The zero-order valence-electron chi connectivity index (χ0n) is 12.7. The number of nitrogens with zero attached hydrogens (tertiary/aromatic N) is 2. The molecular formula is C15H10Cl2N4O2S2. The highest BCUT2D eigenvalue weighted by molar-refractivity contribution is 7.80. The van der Waals surface area contributed by atoms with E-state index >= 15 is 0 Å². The zero-order chi connectivity index (χ0) is 18.0. The van der Waals surface area contributed by atoms with Gasteiger partial charge in [0.2, 0.25) is 0 Å². The molecule has 0 radical (unpaired) electrons. The normalized spacial score (nSPS) is 10.5. The molecule has 0 spiro atoms. The van der Waals surface area contributed by atoms with Gasteiger partial charge in [0.1, 0.15) is 16.8 Å². The van der Waals surface area contributed by atoms with Gasteiger partial charge in [0.25, 0.3) is 5.91 Å². The highest BCUT2D eigenvalue weighted by Crippen LogP contribution is 2.30. The van der Waals surface area contributed by atoms with Gasteiger partial charge in [0.05, 0.1) is 34.6 Å². The number of ether oxygens (including phenoxy) is 1. The summed E-state index contributed by atoms with van der Waals surface area (Å²) < 4.78 is 13.4. The number of hydrogen-bond donors (Lipinski definition) is 2. The number of carbonyl (C=O) groups is 1. The maximum absolute atomic E-state index is 12.3. The Kier molecular flexibility index (Phi) is 5.33. The number of benzene rings is 2. The van der Waals surface area contributed by atoms with Gasteiger partial charge in [0.15, 0.2) is 5.11 Å². The number of fused-ring (bicyclic) bond motifs is 1. The number of anilines is 1. The highest BCUT2D eigenvalue weighted by Gasteiger charge is 2.14. The minimum atomic E-state index is -0.415. The summed E-state index contributed by atoms with van der Waals surface area (Å²) in [7, 11) is 1.50. The van der Waals surface area contributed by atoms with Crippen molar-refractivity contribution in [2.45, 2.75) is 0 Å². The number of hydrogen-bond acceptors (Lipinski definition) is 6. The number of amides is 1. The first-order chi connectivity index (χ1) is 12.0. The summed E-state index contributed by atoms with van der Waals surface area (Å²) in [5, 5.41) is 6.30. The van der Waals surface area contributed by atoms with E-state index in [1.54, 1.807) is 24.3 Å². The van der Waals surface area contributed by atoms with Gasteiger partial charge < -0.3 is 10.1 Å². The second kappa shape index (κ2) is 7.49. The van der Waals surface area contributed by atoms with Gasteiger partial charge in [-0.15, -0.1) is 0 Å². The first-order valence-corrected chi connectivity index (χ1v) is 8.75. The molecule has 25 heavy (non-hydrogen) atoms. The summed E-state index contributed by atoms with van der Waals surface area (Å²) in [6.07, 6.45) is 0. The van der Waals surface area contributed by atoms with E-state index in [-0.39, 0.29) is 5.11 Å². The fraction of sp³-hybridized carbons (Fsp3) is 0.0667. The Morgan fingerprint density at radius 3 is 2.72 bits per heavy atom. The topological polar surface area (TPSA) is 76.1 Å². The van der Waals surface area contributed by atoms with Crippen molar-refractivity contribution in [2.75, 3.05) is 12.4 Å². The molecule has 0 unspecified atom stereocenters. The van der Waals surface area contributed by atoms with Crippen LogP contribution in [0.3, 0.4) is 0 Å². The van der Waals surface area contributed by atoms with Crippen molar-refractivity contribution in [3.63, 3.8) is 0 Å². The molecule has 3 rings (SSSR count). The fourth-order valence-corrected chi connectivity index (χ4v) is 3.27. The third-order valence-corrected chi connectivity index (χ3v) is 4.61. The van der Waals surface area contributed by atoms with E-state index in [9.17, 15) is 4.79 Å². The lowest BCUT2D eigenvalue weighted by Crippen LogP contribution is -2.34. The molecule has 0 aliphatic heterocycles. The molecule has 0 aliphatic rings. The number of aromatic nitrogens is 2. The maximum Gasteiger partial charge on any atom is 0.257 e. The third-order valence-electron chi connectivity index (χ3n) is 3.26. The van der Waals surface area contributed by atoms with E-state index in [4.69, 9.17) is 40.2 Å². The van der Waals surface area contributed by atoms with Crippen molar-refractivity contribution in [3.8, 4) is 5.75 Å². The van der Waals surface area contributed by atoms with Crippen LogP contribution in [-0.2, 0) is 0 Å². The highest BCUT2D eigenvalue weighted by atomic mass is 35.5. The van der Waals surface area contributed by atoms with Gasteiger partial charge in [-0.25, -0.2) is 0 Å². The van der Waals surface area contributed by atoms with Crippen molar-refractivity contribution in [1.29, 1.82) is 0 Å². The Balaban J connectivity index is 1.76. The number of carbonyl (C=O) groups excluding carboxylic acids is 1. The van der Waals surface area contributed by atoms with Crippen molar-refractivity contribution in [1.82, 2.24) is 14.1 Å². The lowest BCUT2D eigenvalue weighted by molar-refractivity contribution is 0.0977. The van der Waals surface area contributed by atoms with E-state index in [2.05, 4.69) is 19.4 Å². The predicted molar refractivity (Wildman–Crippen MR) is 104 cm³/mol. The smallest absolute Gasteiger partial charge is 0.257 e. The fourth-order valence-electron chi connectivity index (χ4n) is 2.07. The quantitative estimate of drug-likeness (QED) is 0.629. The number of thiocarbonyl (C=S) groups is 1. The summed E-state index contributed by atoms with van der Waals surface area (Å²) in [5.74, 6) is 0.0650. The minimum Gasteiger partial charge on any atom is -0.495 e. The van der Waals surface area contributed by atoms with Crippen LogP contribution in [0.4, 0.5) is 5.69 Å². The number of nitrogens with one attached hydrogen (secondary N) is 2. The van der Waals surface area contributed by atoms with Crippen LogP contribution in [0, 0.1) is 0 Å². The Bertz CT molecular complexity index is 977. The van der Waals surface area contributed by atoms with Crippen molar-refractivity contribution in [3.05, 3.63) is 45.9 Å². The maximum atomic E-state index is 12.3. The van der Waals surface area contributed by atoms with E-state index in [1.165, 1.54) is 13.2 Å². The first-order valence-electron chi connectivity index (χ1n) is 6.86. The minimum absolute atomic E-state index is 0.0827. The summed E-state index contributed by atoms with van der Waals surface area (Å²) in [5.41, 5.74) is 2.11. The molecular weight excluding hydrogens is 403 g/mol. The van der Waals surface area contributed by atoms with Crippen LogP contribution >= 0.6 is 47.1 Å². The van der Waals surface area contributed by atoms with Crippen LogP contribution in [0.5, 0.6) is 5.75 Å². The molecule has 6 nitrogen and oxygen atoms in total. The lowest BCUT2D eigenvalue weighted by atomic mass is 10.2. The van der Waals surface area contributed by atoms with Gasteiger partial charge in [-0.05, 0) is 42.5 Å². The summed E-state index contributed by atoms with van der Waals surface area (Å²) in [6.45, 7) is 0. The van der Waals surface area contributed by atoms with Gasteiger partial charge in [0, 0.05) is 5.56 Å². The molecule has 0 fully saturated rings. The number of rotatable bonds is 3. The molecule has 0 aliphatic carbocycles. The van der Waals surface area contributed by atoms with Crippen molar-refractivity contribution in [2.24, 2.45) is 0 Å². The molecule has 0 bridgehead atoms. The van der Waals surface area contributed by atoms with Crippen molar-refractivity contribution < 1.29 is 9.53 Å². The monoisotopic (exact) mass is 412 g/mol. The second-order valence-corrected chi connectivity index (χ2v) is 6.56. The molecule has 128 valence electrons. The van der Waals surface area contributed by atoms with Crippen LogP contribution in [-0.4, -0.2) is 26.9 Å². The van der Waals surface area contributed by atoms with Crippen LogP contribution in [0.15, 0.2) is 30.3 Å². The molecule has 1 aromatic heterocycles. The summed E-state index contributed by atoms with van der Waals surface area (Å²) in [6, 6.07) is 8.12. The number of methoxy groups -OCH3 is 1. The molecule has 2 N–H and O–H groups in total. The lowest BCUT2D eigenvalue weighted by Gasteiger charge is -2.12. The summed E-state index contributed by atoms with van der Waals surface area (Å²) in [4.78, 5) is 12.3. The Labute approximate surface area is 162 Å². The van der Waals surface area contributed by atoms with E-state index < -0.39 is 5.91 Å². The van der Waals surface area contributed by atoms with Crippen LogP contribution in [0.1, 0.15) is 10.4 Å². The SMILES string of the molecule is COc1ccc(C(=O)NC(=S)Nc2c(Cl)ccc3nsnc23)cc1Cl. The van der Waals surface area contributed by atoms with Gasteiger partial charge in [-0.1, -0.05) is 23.2 Å². The standard InChI is InChI=1S/C15H10Cl2N4O2S2/c1-23-11-5-2-7(6-9(11)17)14(22)19-15(24)18-12-8(16)3-4-10-13(12)21-25-20-10/h2-6H,1H3,(H2,18,19,22,24). The average molecular weight is 413 g/mol. The molecule has 1 heterocycles. The largest absolute Gasteiger partial charge is 0.495 e. The summed E-state index contributed by atoms with van der Waals surface area (Å²) >= 11 is 18.5. The van der Waals surface area contributed by atoms with Crippen LogP contribution in [0.25, 0.3) is 11.0 Å². The first kappa shape index (κ1) is 17.8. The Hall–Kier alpha value is -2.00. The van der Waals surface area contributed by atoms with Crippen LogP contribution in [0.2, 0.25) is 10.0 Å². The van der Waals surface area contributed by atoms with Gasteiger partial charge in [-0.3, -0.25) is 10.1 Å². The van der Waals surface area contributed by atoms with E-state index in [1.807, 2.05) is 0 Å². The molecule has 3 aromatic rings. The molecule has 0 saturated heterocycles. The zero-order valence-corrected chi connectivity index (χ0v) is 15.8. The average Bonchev–Trinajstić information content (AvgIpc) is 3.06. The molecule has 10 heteroatoms. The van der Waals surface area contributed by atoms with Gasteiger partial charge in [-0.2, -0.15) is 8.75 Å². The predicted octanol–water partition coefficient (Wildman–Crippen LogP) is 4.13. The second-order valence-electron chi connectivity index (χ2n) is 4.81. The Morgan fingerprint density at radius 2 is 2.00 bits per heavy atom. The molecule has 0 atom stereocenters. The molecule has 0 saturated carbocycles. The van der Waals surface area contributed by atoms with Crippen LogP contribution < -0.4 is 15.4 Å². The van der Waals surface area contributed by atoms with E-state index in [0.717, 1.165) is 11.7 Å². The third kappa shape index (κ3) is 3.82. The van der Waals surface area contributed by atoms with Crippen molar-refractivity contribution >= 4 is 74.9 Å². The Morgan fingerprint density at radius 1 is 1.20 bits per heavy atom. The van der Waals surface area contributed by atoms with E-state index in [0.29, 0.717) is 38.1 Å². The number of halogens is 2.